The first kappa shape index (κ1) is 9.27. The van der Waals surface area contributed by atoms with Crippen molar-refractivity contribution in [2.75, 3.05) is 4.90 Å². The zero-order valence-electron chi connectivity index (χ0n) is 9.06. The lowest BCUT2D eigenvalue weighted by Gasteiger charge is -2.25. The molecule has 2 aliphatic heterocycles. The molecular formula is C12H11NO3. The van der Waals surface area contributed by atoms with Crippen molar-refractivity contribution < 1.29 is 14.3 Å². The van der Waals surface area contributed by atoms with Gasteiger partial charge in [-0.1, -0.05) is 12.1 Å². The fraction of sp³-hybridized carbons (Fsp3) is 0.250. The Morgan fingerprint density at radius 3 is 2.81 bits per heavy atom. The molecule has 1 aromatic rings. The smallest absolute Gasteiger partial charge is 0.419 e. The van der Waals surface area contributed by atoms with Crippen molar-refractivity contribution >= 4 is 11.8 Å². The molecule has 0 saturated carbocycles. The summed E-state index contributed by atoms with van der Waals surface area (Å²) in [5.41, 5.74) is 0.830. The number of nitrogens with zero attached hydrogens (tertiary/aromatic N) is 1. The van der Waals surface area contributed by atoms with Gasteiger partial charge in [0.2, 0.25) is 0 Å². The van der Waals surface area contributed by atoms with Crippen LogP contribution in [0.5, 0.6) is 5.75 Å². The summed E-state index contributed by atoms with van der Waals surface area (Å²) >= 11 is 0. The third kappa shape index (κ3) is 1.07. The zero-order chi connectivity index (χ0) is 11.3. The molecule has 82 valence electrons. The molecule has 2 heterocycles. The van der Waals surface area contributed by atoms with Crippen LogP contribution in [0.4, 0.5) is 10.5 Å². The number of benzene rings is 1. The number of anilines is 1. The van der Waals surface area contributed by atoms with Gasteiger partial charge >= 0.3 is 6.09 Å². The van der Waals surface area contributed by atoms with E-state index in [1.165, 1.54) is 0 Å². The van der Waals surface area contributed by atoms with Crippen LogP contribution in [0.1, 0.15) is 13.8 Å². The topological polar surface area (TPSA) is 38.8 Å². The predicted octanol–water partition coefficient (Wildman–Crippen LogP) is 2.66. The normalized spacial score (nSPS) is 20.5. The molecule has 16 heavy (non-hydrogen) atoms. The molecule has 0 atom stereocenters. The molecule has 1 amide bonds. The SMILES string of the molecule is CC1(C)OC(=O)N2C1=COc1ccccc12. The molecule has 0 radical (unpaired) electrons. The van der Waals surface area contributed by atoms with Crippen LogP contribution in [0.2, 0.25) is 0 Å². The summed E-state index contributed by atoms with van der Waals surface area (Å²) in [5.74, 6) is 0.668. The highest BCUT2D eigenvalue weighted by molar-refractivity contribution is 5.97. The quantitative estimate of drug-likeness (QED) is 0.670. The van der Waals surface area contributed by atoms with Crippen LogP contribution < -0.4 is 9.64 Å². The average Bonchev–Trinajstić information content (AvgIpc) is 2.49. The molecule has 1 aromatic carbocycles. The van der Waals surface area contributed by atoms with E-state index in [9.17, 15) is 4.79 Å². The molecule has 1 fully saturated rings. The number of hydrogen-bond donors (Lipinski definition) is 0. The van der Waals surface area contributed by atoms with Crippen LogP contribution in [0.3, 0.4) is 0 Å². The maximum atomic E-state index is 11.8. The molecule has 4 nitrogen and oxygen atoms in total. The molecule has 0 unspecified atom stereocenters. The molecular weight excluding hydrogens is 206 g/mol. The molecule has 4 heteroatoms. The molecule has 0 bridgehead atoms. The van der Waals surface area contributed by atoms with E-state index in [-0.39, 0.29) is 6.09 Å². The van der Waals surface area contributed by atoms with Gasteiger partial charge in [0, 0.05) is 0 Å². The van der Waals surface area contributed by atoms with Crippen LogP contribution >= 0.6 is 0 Å². The summed E-state index contributed by atoms with van der Waals surface area (Å²) in [4.78, 5) is 13.3. The van der Waals surface area contributed by atoms with Crippen molar-refractivity contribution in [3.63, 3.8) is 0 Å². The minimum atomic E-state index is -0.634. The molecule has 1 saturated heterocycles. The predicted molar refractivity (Wildman–Crippen MR) is 58.2 cm³/mol. The number of rotatable bonds is 0. The Bertz CT molecular complexity index is 505. The summed E-state index contributed by atoms with van der Waals surface area (Å²) < 4.78 is 10.8. The fourth-order valence-electron chi connectivity index (χ4n) is 1.97. The van der Waals surface area contributed by atoms with Gasteiger partial charge in [-0.05, 0) is 26.0 Å². The van der Waals surface area contributed by atoms with Crippen LogP contribution in [-0.4, -0.2) is 11.7 Å². The number of carbonyl (C=O) groups excluding carboxylic acids is 1. The summed E-state index contributed by atoms with van der Waals surface area (Å²) in [6, 6.07) is 7.39. The maximum absolute atomic E-state index is 11.8. The third-order valence-corrected chi connectivity index (χ3v) is 2.79. The first-order valence-electron chi connectivity index (χ1n) is 5.09. The lowest BCUT2D eigenvalue weighted by molar-refractivity contribution is 0.0978. The van der Waals surface area contributed by atoms with Gasteiger partial charge in [0.05, 0.1) is 5.69 Å². The van der Waals surface area contributed by atoms with Gasteiger partial charge in [-0.25, -0.2) is 9.69 Å². The van der Waals surface area contributed by atoms with Crippen molar-refractivity contribution in [2.24, 2.45) is 0 Å². The number of para-hydroxylation sites is 2. The van der Waals surface area contributed by atoms with E-state index in [0.29, 0.717) is 5.75 Å². The molecule has 0 aromatic heterocycles. The second-order valence-electron chi connectivity index (χ2n) is 4.30. The summed E-state index contributed by atoms with van der Waals surface area (Å²) in [6.45, 7) is 3.68. The van der Waals surface area contributed by atoms with Gasteiger partial charge in [0.1, 0.15) is 12.0 Å². The molecule has 0 aliphatic carbocycles. The first-order valence-corrected chi connectivity index (χ1v) is 5.09. The largest absolute Gasteiger partial charge is 0.461 e. The van der Waals surface area contributed by atoms with Crippen LogP contribution in [-0.2, 0) is 4.74 Å². The van der Waals surface area contributed by atoms with Crippen LogP contribution in [0, 0.1) is 0 Å². The Labute approximate surface area is 93.1 Å². The van der Waals surface area contributed by atoms with Crippen molar-refractivity contribution in [1.82, 2.24) is 0 Å². The highest BCUT2D eigenvalue weighted by Crippen LogP contribution is 2.43. The number of cyclic esters (lactones) is 1. The minimum Gasteiger partial charge on any atom is -0.461 e. The summed E-state index contributed by atoms with van der Waals surface area (Å²) in [6.07, 6.45) is 1.22. The first-order chi connectivity index (χ1) is 7.59. The zero-order valence-corrected chi connectivity index (χ0v) is 9.06. The van der Waals surface area contributed by atoms with Gasteiger partial charge in [0.15, 0.2) is 11.4 Å². The van der Waals surface area contributed by atoms with Crippen molar-refractivity contribution in [1.29, 1.82) is 0 Å². The molecule has 0 spiro atoms. The van der Waals surface area contributed by atoms with Gasteiger partial charge < -0.3 is 9.47 Å². The van der Waals surface area contributed by atoms with E-state index < -0.39 is 5.60 Å². The highest BCUT2D eigenvalue weighted by Gasteiger charge is 2.46. The Kier molecular flexibility index (Phi) is 1.61. The van der Waals surface area contributed by atoms with Gasteiger partial charge in [-0.2, -0.15) is 0 Å². The number of amides is 1. The van der Waals surface area contributed by atoms with Crippen molar-refractivity contribution in [3.8, 4) is 5.75 Å². The number of hydrogen-bond acceptors (Lipinski definition) is 3. The lowest BCUT2D eigenvalue weighted by atomic mass is 10.1. The number of ether oxygens (including phenoxy) is 2. The van der Waals surface area contributed by atoms with Gasteiger partial charge in [-0.15, -0.1) is 0 Å². The van der Waals surface area contributed by atoms with Crippen LogP contribution in [0.25, 0.3) is 0 Å². The standard InChI is InChI=1S/C12H11NO3/c1-12(2)10-7-15-9-6-4-3-5-8(9)13(10)11(14)16-12/h3-7H,1-2H3. The maximum Gasteiger partial charge on any atom is 0.419 e. The van der Waals surface area contributed by atoms with Crippen LogP contribution in [0.15, 0.2) is 36.2 Å². The van der Waals surface area contributed by atoms with Gasteiger partial charge in [0.25, 0.3) is 0 Å². The monoisotopic (exact) mass is 217 g/mol. The lowest BCUT2D eigenvalue weighted by Crippen LogP contribution is -2.29. The summed E-state index contributed by atoms with van der Waals surface area (Å²) in [5, 5.41) is 0. The second kappa shape index (κ2) is 2.78. The summed E-state index contributed by atoms with van der Waals surface area (Å²) in [7, 11) is 0. The van der Waals surface area contributed by atoms with E-state index in [1.807, 2.05) is 38.1 Å². The van der Waals surface area contributed by atoms with E-state index in [2.05, 4.69) is 0 Å². The van der Waals surface area contributed by atoms with Gasteiger partial charge in [-0.3, -0.25) is 0 Å². The van der Waals surface area contributed by atoms with E-state index in [1.54, 1.807) is 11.2 Å². The highest BCUT2D eigenvalue weighted by atomic mass is 16.6. The van der Waals surface area contributed by atoms with E-state index >= 15 is 0 Å². The molecule has 3 rings (SSSR count). The third-order valence-electron chi connectivity index (χ3n) is 2.79. The average molecular weight is 217 g/mol. The Balaban J connectivity index is 2.17. The fourth-order valence-corrected chi connectivity index (χ4v) is 1.97. The Morgan fingerprint density at radius 1 is 1.25 bits per heavy atom. The number of fused-ring (bicyclic) bond motifs is 3. The minimum absolute atomic E-state index is 0.355. The van der Waals surface area contributed by atoms with E-state index in [4.69, 9.17) is 9.47 Å². The molecule has 0 N–H and O–H groups in total. The Morgan fingerprint density at radius 2 is 2.00 bits per heavy atom. The van der Waals surface area contributed by atoms with Crippen molar-refractivity contribution in [2.45, 2.75) is 19.4 Å². The number of carbonyl (C=O) groups is 1. The Hall–Kier alpha value is -1.97. The molecule has 2 aliphatic rings. The van der Waals surface area contributed by atoms with Crippen molar-refractivity contribution in [3.05, 3.63) is 36.2 Å². The second-order valence-corrected chi connectivity index (χ2v) is 4.30. The van der Waals surface area contributed by atoms with E-state index in [0.717, 1.165) is 11.4 Å².